The molecule has 176 valence electrons. The molecule has 1 unspecified atom stereocenters. The van der Waals surface area contributed by atoms with E-state index in [1.807, 2.05) is 42.5 Å². The number of hydrogen-bond acceptors (Lipinski definition) is 6. The second-order valence-corrected chi connectivity index (χ2v) is 8.11. The van der Waals surface area contributed by atoms with Crippen molar-refractivity contribution in [3.05, 3.63) is 102 Å². The minimum absolute atomic E-state index is 0.0410. The van der Waals surface area contributed by atoms with Gasteiger partial charge in [0.1, 0.15) is 28.6 Å². The van der Waals surface area contributed by atoms with Gasteiger partial charge >= 0.3 is 0 Å². The third-order valence-electron chi connectivity index (χ3n) is 6.23. The summed E-state index contributed by atoms with van der Waals surface area (Å²) in [6, 6.07) is 21.0. The van der Waals surface area contributed by atoms with Gasteiger partial charge in [0, 0.05) is 0 Å². The Bertz CT molecular complexity index is 1430. The van der Waals surface area contributed by atoms with Gasteiger partial charge in [-0.3, -0.25) is 9.59 Å². The first-order valence-corrected chi connectivity index (χ1v) is 11.0. The molecule has 1 aromatic heterocycles. The number of ketones is 1. The van der Waals surface area contributed by atoms with Crippen molar-refractivity contribution in [1.29, 1.82) is 0 Å². The molecule has 3 aromatic carbocycles. The van der Waals surface area contributed by atoms with Crippen LogP contribution in [-0.4, -0.2) is 35.9 Å². The van der Waals surface area contributed by atoms with Gasteiger partial charge in [-0.1, -0.05) is 48.5 Å². The summed E-state index contributed by atoms with van der Waals surface area (Å²) in [6.45, 7) is 0.0608. The number of furan rings is 1. The monoisotopic (exact) mass is 469 g/mol. The number of likely N-dealkylation sites (tertiary alicyclic amines) is 1. The molecule has 0 aliphatic carbocycles. The molecule has 1 aliphatic heterocycles. The lowest BCUT2D eigenvalue weighted by atomic mass is 9.91. The Labute approximate surface area is 201 Å². The average molecular weight is 469 g/mol. The zero-order chi connectivity index (χ0) is 24.5. The Kier molecular flexibility index (Phi) is 5.74. The van der Waals surface area contributed by atoms with Crippen LogP contribution in [0.2, 0.25) is 0 Å². The number of fused-ring (bicyclic) bond motifs is 1. The van der Waals surface area contributed by atoms with Crippen molar-refractivity contribution in [3.8, 4) is 11.5 Å². The number of nitrogens with zero attached hydrogens (tertiary/aromatic N) is 1. The van der Waals surface area contributed by atoms with Crippen LogP contribution in [0, 0.1) is 0 Å². The summed E-state index contributed by atoms with van der Waals surface area (Å²) in [6.07, 6.45) is 1.51. The van der Waals surface area contributed by atoms with Crippen molar-refractivity contribution >= 4 is 28.2 Å². The zero-order valence-electron chi connectivity index (χ0n) is 19.2. The third kappa shape index (κ3) is 3.71. The van der Waals surface area contributed by atoms with E-state index in [4.69, 9.17) is 13.9 Å². The number of carbonyl (C=O) groups excluding carboxylic acids is 2. The molecule has 35 heavy (non-hydrogen) atoms. The number of hydrogen-bond donors (Lipinski definition) is 1. The molecule has 0 spiro atoms. The normalized spacial score (nSPS) is 17.2. The van der Waals surface area contributed by atoms with E-state index in [9.17, 15) is 14.7 Å². The highest BCUT2D eigenvalue weighted by Gasteiger charge is 2.47. The quantitative estimate of drug-likeness (QED) is 0.241. The molecule has 0 radical (unpaired) electrons. The summed E-state index contributed by atoms with van der Waals surface area (Å²) in [5, 5.41) is 13.4. The summed E-state index contributed by atoms with van der Waals surface area (Å²) in [7, 11) is 2.92. The largest absolute Gasteiger partial charge is 0.506 e. The van der Waals surface area contributed by atoms with Gasteiger partial charge in [0.25, 0.3) is 11.7 Å². The first-order chi connectivity index (χ1) is 17.0. The second-order valence-electron chi connectivity index (χ2n) is 8.11. The van der Waals surface area contributed by atoms with Gasteiger partial charge in [-0.2, -0.15) is 0 Å². The van der Waals surface area contributed by atoms with E-state index >= 15 is 0 Å². The fourth-order valence-electron chi connectivity index (χ4n) is 4.65. The molecule has 1 fully saturated rings. The van der Waals surface area contributed by atoms with E-state index in [-0.39, 0.29) is 23.4 Å². The number of benzene rings is 3. The maximum absolute atomic E-state index is 13.5. The molecule has 7 nitrogen and oxygen atoms in total. The molecule has 5 rings (SSSR count). The number of aliphatic hydroxyl groups excluding tert-OH is 1. The summed E-state index contributed by atoms with van der Waals surface area (Å²) >= 11 is 0. The van der Waals surface area contributed by atoms with Crippen LogP contribution >= 0.6 is 0 Å². The molecule has 1 saturated heterocycles. The lowest BCUT2D eigenvalue weighted by Crippen LogP contribution is -2.29. The Morgan fingerprint density at radius 2 is 1.60 bits per heavy atom. The topological polar surface area (TPSA) is 89.2 Å². The van der Waals surface area contributed by atoms with Crippen molar-refractivity contribution in [2.75, 3.05) is 14.2 Å². The van der Waals surface area contributed by atoms with Gasteiger partial charge in [0.15, 0.2) is 0 Å². The van der Waals surface area contributed by atoms with Crippen molar-refractivity contribution < 1.29 is 28.6 Å². The predicted molar refractivity (Wildman–Crippen MR) is 130 cm³/mol. The molecule has 1 atom stereocenters. The van der Waals surface area contributed by atoms with Crippen molar-refractivity contribution in [3.63, 3.8) is 0 Å². The molecule has 1 aliphatic rings. The average Bonchev–Trinajstić information content (AvgIpc) is 3.49. The highest BCUT2D eigenvalue weighted by molar-refractivity contribution is 6.46. The van der Waals surface area contributed by atoms with Crippen molar-refractivity contribution in [1.82, 2.24) is 4.90 Å². The Morgan fingerprint density at radius 1 is 0.914 bits per heavy atom. The number of rotatable bonds is 6. The molecule has 0 bridgehead atoms. The van der Waals surface area contributed by atoms with Crippen LogP contribution in [0.25, 0.3) is 16.5 Å². The van der Waals surface area contributed by atoms with Crippen molar-refractivity contribution in [2.24, 2.45) is 0 Å². The SMILES string of the molecule is COc1cccc(OC)c1/C(O)=C1\C(=O)C(=O)N(Cc2ccco2)C1c1cccc2ccccc12. The Balaban J connectivity index is 1.79. The van der Waals surface area contributed by atoms with Crippen LogP contribution < -0.4 is 9.47 Å². The number of carbonyl (C=O) groups is 2. The first-order valence-electron chi connectivity index (χ1n) is 11.0. The standard InChI is InChI=1S/C28H23NO6/c1-33-21-13-6-14-22(34-2)23(21)26(30)24-25(20-12-5-9-17-8-3-4-11-19(17)20)29(28(32)27(24)31)16-18-10-7-15-35-18/h3-15,25,30H,16H2,1-2H3/b26-24+. The minimum atomic E-state index is -0.860. The highest BCUT2D eigenvalue weighted by Crippen LogP contribution is 2.45. The third-order valence-corrected chi connectivity index (χ3v) is 6.23. The molecular formula is C28H23NO6. The van der Waals surface area contributed by atoms with Crippen molar-refractivity contribution in [2.45, 2.75) is 12.6 Å². The number of Topliss-reactive ketones (excluding diaryl/α,β-unsaturated/α-hetero) is 1. The van der Waals surface area contributed by atoms with E-state index < -0.39 is 17.7 Å². The molecule has 2 heterocycles. The lowest BCUT2D eigenvalue weighted by Gasteiger charge is -2.26. The molecule has 1 amide bonds. The van der Waals surface area contributed by atoms with Gasteiger partial charge in [0.05, 0.1) is 38.6 Å². The van der Waals surface area contributed by atoms with Crippen LogP contribution in [-0.2, 0) is 16.1 Å². The van der Waals surface area contributed by atoms with E-state index in [1.165, 1.54) is 25.4 Å². The molecule has 4 aromatic rings. The highest BCUT2D eigenvalue weighted by atomic mass is 16.5. The van der Waals surface area contributed by atoms with E-state index in [1.54, 1.807) is 30.3 Å². The molecule has 7 heteroatoms. The summed E-state index contributed by atoms with van der Waals surface area (Å²) < 4.78 is 16.4. The first kappa shape index (κ1) is 22.3. The Morgan fingerprint density at radius 3 is 2.29 bits per heavy atom. The van der Waals surface area contributed by atoms with E-state index in [0.29, 0.717) is 22.8 Å². The van der Waals surface area contributed by atoms with Crippen LogP contribution in [0.3, 0.4) is 0 Å². The number of aliphatic hydroxyl groups is 1. The predicted octanol–water partition coefficient (Wildman–Crippen LogP) is 5.07. The lowest BCUT2D eigenvalue weighted by molar-refractivity contribution is -0.140. The fraction of sp³-hybridized carbons (Fsp3) is 0.143. The van der Waals surface area contributed by atoms with Crippen LogP contribution in [0.5, 0.6) is 11.5 Å². The van der Waals surface area contributed by atoms with Crippen LogP contribution in [0.4, 0.5) is 0 Å². The van der Waals surface area contributed by atoms with Gasteiger partial charge in [-0.25, -0.2) is 0 Å². The molecule has 0 saturated carbocycles. The maximum Gasteiger partial charge on any atom is 0.296 e. The zero-order valence-corrected chi connectivity index (χ0v) is 19.2. The minimum Gasteiger partial charge on any atom is -0.506 e. The summed E-state index contributed by atoms with van der Waals surface area (Å²) in [4.78, 5) is 28.2. The van der Waals surface area contributed by atoms with E-state index in [0.717, 1.165) is 10.8 Å². The van der Waals surface area contributed by atoms with Gasteiger partial charge in [-0.05, 0) is 40.6 Å². The number of methoxy groups -OCH3 is 2. The van der Waals surface area contributed by atoms with Crippen LogP contribution in [0.1, 0.15) is 22.9 Å². The van der Waals surface area contributed by atoms with Gasteiger partial charge < -0.3 is 23.9 Å². The number of ether oxygens (including phenoxy) is 2. The van der Waals surface area contributed by atoms with E-state index in [2.05, 4.69) is 0 Å². The molecule has 1 N–H and O–H groups in total. The smallest absolute Gasteiger partial charge is 0.296 e. The van der Waals surface area contributed by atoms with Crippen LogP contribution in [0.15, 0.2) is 89.0 Å². The Hall–Kier alpha value is -4.52. The number of amides is 1. The maximum atomic E-state index is 13.5. The van der Waals surface area contributed by atoms with Gasteiger partial charge in [0.2, 0.25) is 0 Å². The molecular weight excluding hydrogens is 446 g/mol. The summed E-state index contributed by atoms with van der Waals surface area (Å²) in [5.41, 5.74) is 0.878. The second kappa shape index (κ2) is 9.02. The fourth-order valence-corrected chi connectivity index (χ4v) is 4.65. The van der Waals surface area contributed by atoms with Gasteiger partial charge in [-0.15, -0.1) is 0 Å². The summed E-state index contributed by atoms with van der Waals surface area (Å²) in [5.74, 6) is -0.731.